The van der Waals surface area contributed by atoms with Gasteiger partial charge in [0.2, 0.25) is 11.8 Å². The molecule has 10 heteroatoms. The highest BCUT2D eigenvalue weighted by Crippen LogP contribution is 2.21. The Hall–Kier alpha value is -4.08. The quantitative estimate of drug-likeness (QED) is 0.262. The fraction of sp³-hybridized carbons (Fsp3) is 0.385. The van der Waals surface area contributed by atoms with E-state index in [1.54, 1.807) is 24.3 Å². The van der Waals surface area contributed by atoms with Crippen LogP contribution in [0.4, 0.5) is 0 Å². The number of aromatic hydroxyl groups is 2. The van der Waals surface area contributed by atoms with Crippen molar-refractivity contribution < 1.29 is 29.4 Å². The molecule has 0 aliphatic heterocycles. The van der Waals surface area contributed by atoms with Crippen molar-refractivity contribution >= 4 is 23.6 Å². The fourth-order valence-corrected chi connectivity index (χ4v) is 3.82. The lowest BCUT2D eigenvalue weighted by Gasteiger charge is -2.21. The maximum Gasteiger partial charge on any atom is 0.273 e. The van der Waals surface area contributed by atoms with Crippen molar-refractivity contribution in [3.05, 3.63) is 59.7 Å². The summed E-state index contributed by atoms with van der Waals surface area (Å²) in [5.74, 6) is -3.33. The van der Waals surface area contributed by atoms with E-state index in [9.17, 15) is 29.4 Å². The number of phenolic OH excluding ortho intramolecular Hbond substituents is 2. The predicted molar refractivity (Wildman–Crippen MR) is 133 cm³/mol. The highest BCUT2D eigenvalue weighted by Gasteiger charge is 2.24. The van der Waals surface area contributed by atoms with Crippen LogP contribution in [0, 0.1) is 11.8 Å². The molecule has 6 N–H and O–H groups in total. The molecule has 2 rings (SSSR count). The number of rotatable bonds is 11. The Morgan fingerprint density at radius 1 is 0.611 bits per heavy atom. The maximum atomic E-state index is 12.7. The van der Waals surface area contributed by atoms with Gasteiger partial charge in [-0.3, -0.25) is 40.9 Å². The number of benzene rings is 2. The second kappa shape index (κ2) is 14.3. The van der Waals surface area contributed by atoms with Crippen molar-refractivity contribution in [2.45, 2.75) is 52.4 Å². The molecule has 0 saturated carbocycles. The van der Waals surface area contributed by atoms with Gasteiger partial charge >= 0.3 is 0 Å². The van der Waals surface area contributed by atoms with Crippen LogP contribution in [0.5, 0.6) is 11.5 Å². The minimum atomic E-state index is -0.639. The second-order valence-electron chi connectivity index (χ2n) is 8.47. The summed E-state index contributed by atoms with van der Waals surface area (Å²) in [6, 6.07) is 12.0. The number of phenols is 2. The van der Waals surface area contributed by atoms with Crippen molar-refractivity contribution in [2.24, 2.45) is 11.8 Å². The predicted octanol–water partition coefficient (Wildman–Crippen LogP) is 2.93. The van der Waals surface area contributed by atoms with E-state index in [0.717, 1.165) is 12.8 Å². The summed E-state index contributed by atoms with van der Waals surface area (Å²) in [6.45, 7) is 3.87. The van der Waals surface area contributed by atoms with Gasteiger partial charge in [0.15, 0.2) is 0 Å². The number of hydrazine groups is 2. The van der Waals surface area contributed by atoms with Crippen LogP contribution in [0.3, 0.4) is 0 Å². The molecule has 2 unspecified atom stereocenters. The molecule has 2 aromatic rings. The highest BCUT2D eigenvalue weighted by molar-refractivity contribution is 5.98. The molecular formula is C26H34N4O6. The van der Waals surface area contributed by atoms with Crippen LogP contribution in [0.1, 0.15) is 73.1 Å². The molecule has 0 radical (unpaired) electrons. The molecule has 194 valence electrons. The molecule has 0 aromatic heterocycles. The van der Waals surface area contributed by atoms with Gasteiger partial charge in [-0.2, -0.15) is 0 Å². The van der Waals surface area contributed by atoms with E-state index in [0.29, 0.717) is 25.7 Å². The molecule has 10 nitrogen and oxygen atoms in total. The summed E-state index contributed by atoms with van der Waals surface area (Å²) < 4.78 is 0. The van der Waals surface area contributed by atoms with E-state index in [1.807, 2.05) is 13.8 Å². The van der Waals surface area contributed by atoms with Gasteiger partial charge in [-0.25, -0.2) is 0 Å². The van der Waals surface area contributed by atoms with Crippen molar-refractivity contribution in [3.63, 3.8) is 0 Å². The average Bonchev–Trinajstić information content (AvgIpc) is 2.87. The first-order valence-corrected chi connectivity index (χ1v) is 12.0. The van der Waals surface area contributed by atoms with E-state index in [2.05, 4.69) is 21.7 Å². The number of para-hydroxylation sites is 2. The van der Waals surface area contributed by atoms with Crippen LogP contribution >= 0.6 is 0 Å². The Balaban J connectivity index is 1.91. The van der Waals surface area contributed by atoms with E-state index in [-0.39, 0.29) is 34.4 Å². The first-order valence-electron chi connectivity index (χ1n) is 12.0. The Morgan fingerprint density at radius 3 is 1.31 bits per heavy atom. The summed E-state index contributed by atoms with van der Waals surface area (Å²) in [7, 11) is 0. The van der Waals surface area contributed by atoms with Gasteiger partial charge in [-0.15, -0.1) is 0 Å². The zero-order valence-electron chi connectivity index (χ0n) is 20.5. The highest BCUT2D eigenvalue weighted by atomic mass is 16.3. The monoisotopic (exact) mass is 498 g/mol. The van der Waals surface area contributed by atoms with E-state index in [4.69, 9.17) is 0 Å². The zero-order valence-corrected chi connectivity index (χ0v) is 20.5. The normalized spacial score (nSPS) is 12.2. The summed E-state index contributed by atoms with van der Waals surface area (Å²) in [5, 5.41) is 19.6. The Bertz CT molecular complexity index is 975. The third-order valence-corrected chi connectivity index (χ3v) is 5.78. The van der Waals surface area contributed by atoms with Crippen LogP contribution < -0.4 is 21.7 Å². The Morgan fingerprint density at radius 2 is 0.972 bits per heavy atom. The SMILES string of the molecule is CCCC(CCC(CCC)C(=O)NNC(=O)c1ccccc1O)C(=O)NNC(=O)c1ccccc1O. The summed E-state index contributed by atoms with van der Waals surface area (Å²) in [4.78, 5) is 50.0. The van der Waals surface area contributed by atoms with Crippen LogP contribution in [0.2, 0.25) is 0 Å². The lowest BCUT2D eigenvalue weighted by Crippen LogP contribution is -2.45. The van der Waals surface area contributed by atoms with Gasteiger partial charge < -0.3 is 10.2 Å². The molecule has 0 aliphatic rings. The molecule has 36 heavy (non-hydrogen) atoms. The largest absolute Gasteiger partial charge is 0.507 e. The Labute approximate surface area is 210 Å². The van der Waals surface area contributed by atoms with E-state index < -0.39 is 23.7 Å². The topological polar surface area (TPSA) is 157 Å². The fourth-order valence-electron chi connectivity index (χ4n) is 3.82. The van der Waals surface area contributed by atoms with Gasteiger partial charge in [0.05, 0.1) is 11.1 Å². The molecule has 2 aromatic carbocycles. The third-order valence-electron chi connectivity index (χ3n) is 5.78. The van der Waals surface area contributed by atoms with E-state index in [1.165, 1.54) is 24.3 Å². The first kappa shape index (κ1) is 28.2. The number of carbonyl (C=O) groups excluding carboxylic acids is 4. The number of hydrogen-bond acceptors (Lipinski definition) is 6. The van der Waals surface area contributed by atoms with Crippen molar-refractivity contribution in [1.82, 2.24) is 21.7 Å². The van der Waals surface area contributed by atoms with Gasteiger partial charge in [-0.05, 0) is 49.9 Å². The summed E-state index contributed by atoms with van der Waals surface area (Å²) in [6.07, 6.45) is 3.38. The third kappa shape index (κ3) is 8.30. The van der Waals surface area contributed by atoms with Crippen molar-refractivity contribution in [1.29, 1.82) is 0 Å². The number of amides is 4. The second-order valence-corrected chi connectivity index (χ2v) is 8.47. The van der Waals surface area contributed by atoms with Crippen LogP contribution in [-0.2, 0) is 9.59 Å². The molecule has 0 bridgehead atoms. The molecule has 0 fully saturated rings. The molecule has 0 aliphatic carbocycles. The standard InChI is InChI=1S/C26H34N4O6/c1-3-9-17(23(33)27-29-25(35)19-11-5-7-13-21(19)31)15-16-18(10-4-2)24(34)28-30-26(36)20-12-6-8-14-22(20)32/h5-8,11-14,17-18,31-32H,3-4,9-10,15-16H2,1-2H3,(H,27,33)(H,28,34)(H,29,35)(H,30,36). The van der Waals surface area contributed by atoms with Gasteiger partial charge in [0.1, 0.15) is 11.5 Å². The van der Waals surface area contributed by atoms with Crippen LogP contribution in [0.15, 0.2) is 48.5 Å². The maximum absolute atomic E-state index is 12.7. The molecule has 0 saturated heterocycles. The average molecular weight is 499 g/mol. The minimum absolute atomic E-state index is 0.0374. The summed E-state index contributed by atoms with van der Waals surface area (Å²) >= 11 is 0. The number of nitrogens with one attached hydrogen (secondary N) is 4. The van der Waals surface area contributed by atoms with Crippen molar-refractivity contribution in [2.75, 3.05) is 0 Å². The number of carbonyl (C=O) groups is 4. The van der Waals surface area contributed by atoms with Gasteiger partial charge in [0, 0.05) is 11.8 Å². The van der Waals surface area contributed by atoms with Crippen LogP contribution in [0.25, 0.3) is 0 Å². The summed E-state index contributed by atoms with van der Waals surface area (Å²) in [5.41, 5.74) is 9.54. The van der Waals surface area contributed by atoms with Gasteiger partial charge in [-0.1, -0.05) is 51.0 Å². The molecule has 2 atom stereocenters. The number of hydrogen-bond donors (Lipinski definition) is 6. The lowest BCUT2D eigenvalue weighted by atomic mass is 9.89. The molecule has 4 amide bonds. The lowest BCUT2D eigenvalue weighted by molar-refractivity contribution is -0.128. The first-order chi connectivity index (χ1) is 17.3. The van der Waals surface area contributed by atoms with Crippen LogP contribution in [-0.4, -0.2) is 33.8 Å². The Kier molecular flexibility index (Phi) is 11.2. The smallest absolute Gasteiger partial charge is 0.273 e. The molecular weight excluding hydrogens is 464 g/mol. The van der Waals surface area contributed by atoms with Gasteiger partial charge in [0.25, 0.3) is 11.8 Å². The van der Waals surface area contributed by atoms with Crippen molar-refractivity contribution in [3.8, 4) is 11.5 Å². The molecule has 0 spiro atoms. The molecule has 0 heterocycles. The van der Waals surface area contributed by atoms with E-state index >= 15 is 0 Å². The minimum Gasteiger partial charge on any atom is -0.507 e. The zero-order chi connectivity index (χ0) is 26.5.